The summed E-state index contributed by atoms with van der Waals surface area (Å²) >= 11 is 0. The molecule has 1 aromatic carbocycles. The summed E-state index contributed by atoms with van der Waals surface area (Å²) in [5.41, 5.74) is -0.368. The summed E-state index contributed by atoms with van der Waals surface area (Å²) < 4.78 is 24.2. The topological polar surface area (TPSA) is 55.8 Å². The van der Waals surface area contributed by atoms with Gasteiger partial charge in [0.2, 0.25) is 0 Å². The quantitative estimate of drug-likeness (QED) is 0.741. The minimum absolute atomic E-state index is 0.0708. The van der Waals surface area contributed by atoms with E-state index in [4.69, 9.17) is 9.47 Å². The van der Waals surface area contributed by atoms with Gasteiger partial charge >= 0.3 is 12.1 Å². The first-order valence-corrected chi connectivity index (χ1v) is 8.86. The molecule has 144 valence electrons. The molecule has 6 heteroatoms. The molecule has 1 saturated heterocycles. The van der Waals surface area contributed by atoms with Crippen LogP contribution in [0.3, 0.4) is 0 Å². The number of carbonyl (C=O) groups is 2. The highest BCUT2D eigenvalue weighted by molar-refractivity contribution is 5.72. The third-order valence-corrected chi connectivity index (χ3v) is 4.60. The average Bonchev–Trinajstić information content (AvgIpc) is 2.88. The Labute approximate surface area is 154 Å². The molecule has 1 heterocycles. The third kappa shape index (κ3) is 5.44. The van der Waals surface area contributed by atoms with Crippen LogP contribution in [0.2, 0.25) is 0 Å². The van der Waals surface area contributed by atoms with E-state index in [1.165, 1.54) is 4.90 Å². The minimum Gasteiger partial charge on any atom is -0.460 e. The van der Waals surface area contributed by atoms with E-state index >= 15 is 0 Å². The second-order valence-corrected chi connectivity index (χ2v) is 8.19. The highest BCUT2D eigenvalue weighted by Gasteiger charge is 2.47. The molecule has 1 fully saturated rings. The van der Waals surface area contributed by atoms with Gasteiger partial charge in [0.1, 0.15) is 12.2 Å². The van der Waals surface area contributed by atoms with Crippen molar-refractivity contribution in [1.29, 1.82) is 0 Å². The van der Waals surface area contributed by atoms with Crippen molar-refractivity contribution in [1.82, 2.24) is 4.90 Å². The predicted molar refractivity (Wildman–Crippen MR) is 96.2 cm³/mol. The zero-order valence-electron chi connectivity index (χ0n) is 16.0. The standard InChI is InChI=1S/C20H28FNO4/c1-19(2,3)26-17(23)10-20(4)14-22(12-16(20)11-21)18(24)25-13-15-8-6-5-7-9-15/h5-9,16H,10-14H2,1-4H3/t16-,20-/m1/s1. The van der Waals surface area contributed by atoms with Crippen LogP contribution in [0.4, 0.5) is 9.18 Å². The van der Waals surface area contributed by atoms with Crippen molar-refractivity contribution in [2.45, 2.75) is 46.3 Å². The van der Waals surface area contributed by atoms with E-state index in [0.29, 0.717) is 0 Å². The Morgan fingerprint density at radius 2 is 1.92 bits per heavy atom. The van der Waals surface area contributed by atoms with Crippen molar-refractivity contribution < 1.29 is 23.5 Å². The minimum atomic E-state index is -0.664. The monoisotopic (exact) mass is 365 g/mol. The number of alkyl halides is 1. The Morgan fingerprint density at radius 3 is 2.50 bits per heavy atom. The molecule has 0 N–H and O–H groups in total. The molecule has 1 aliphatic heterocycles. The van der Waals surface area contributed by atoms with Gasteiger partial charge in [-0.2, -0.15) is 0 Å². The fourth-order valence-corrected chi connectivity index (χ4v) is 3.21. The average molecular weight is 365 g/mol. The summed E-state index contributed by atoms with van der Waals surface area (Å²) in [5.74, 6) is -0.794. The van der Waals surface area contributed by atoms with E-state index in [2.05, 4.69) is 0 Å². The van der Waals surface area contributed by atoms with Crippen LogP contribution in [0.5, 0.6) is 0 Å². The van der Waals surface area contributed by atoms with E-state index in [0.717, 1.165) is 5.56 Å². The normalized spacial score (nSPS) is 23.0. The number of hydrogen-bond donors (Lipinski definition) is 0. The van der Waals surface area contributed by atoms with Crippen LogP contribution < -0.4 is 0 Å². The summed E-state index contributed by atoms with van der Waals surface area (Å²) in [6.07, 6.45) is -0.415. The van der Waals surface area contributed by atoms with Gasteiger partial charge in [-0.25, -0.2) is 4.79 Å². The number of halogens is 1. The Bertz CT molecular complexity index is 628. The number of likely N-dealkylation sites (tertiary alicyclic amines) is 1. The molecule has 0 aromatic heterocycles. The number of esters is 1. The molecular formula is C20H28FNO4. The van der Waals surface area contributed by atoms with E-state index < -0.39 is 29.7 Å². The van der Waals surface area contributed by atoms with Crippen LogP contribution >= 0.6 is 0 Å². The number of ether oxygens (including phenoxy) is 2. The Morgan fingerprint density at radius 1 is 1.27 bits per heavy atom. The molecule has 0 bridgehead atoms. The van der Waals surface area contributed by atoms with E-state index in [-0.39, 0.29) is 32.1 Å². The lowest BCUT2D eigenvalue weighted by molar-refractivity contribution is -0.158. The van der Waals surface area contributed by atoms with Crippen molar-refractivity contribution in [3.05, 3.63) is 35.9 Å². The van der Waals surface area contributed by atoms with E-state index in [9.17, 15) is 14.0 Å². The first kappa shape index (κ1) is 20.2. The number of hydrogen-bond acceptors (Lipinski definition) is 4. The SMILES string of the molecule is CC(C)(C)OC(=O)C[C@]1(C)CN(C(=O)OCc2ccccc2)C[C@H]1CF. The van der Waals surface area contributed by atoms with Gasteiger partial charge in [-0.05, 0) is 26.3 Å². The maximum Gasteiger partial charge on any atom is 0.410 e. The number of carbonyl (C=O) groups excluding carboxylic acids is 2. The van der Waals surface area contributed by atoms with Crippen molar-refractivity contribution in [3.8, 4) is 0 Å². The molecule has 0 unspecified atom stereocenters. The largest absolute Gasteiger partial charge is 0.460 e. The van der Waals surface area contributed by atoms with Crippen LogP contribution in [-0.4, -0.2) is 42.3 Å². The molecule has 1 aliphatic rings. The van der Waals surface area contributed by atoms with Crippen LogP contribution in [0.25, 0.3) is 0 Å². The maximum atomic E-state index is 13.5. The molecule has 0 aliphatic carbocycles. The first-order chi connectivity index (χ1) is 12.1. The molecule has 2 rings (SSSR count). The molecule has 1 amide bonds. The Balaban J connectivity index is 1.96. The van der Waals surface area contributed by atoms with Crippen LogP contribution in [0, 0.1) is 11.3 Å². The zero-order valence-corrected chi connectivity index (χ0v) is 16.0. The maximum absolute atomic E-state index is 13.5. The van der Waals surface area contributed by atoms with Gasteiger partial charge in [0.15, 0.2) is 0 Å². The summed E-state index contributed by atoms with van der Waals surface area (Å²) in [7, 11) is 0. The van der Waals surface area contributed by atoms with Crippen LogP contribution in [0.1, 0.15) is 39.7 Å². The van der Waals surface area contributed by atoms with Gasteiger partial charge in [0.25, 0.3) is 0 Å². The zero-order chi connectivity index (χ0) is 19.4. The number of nitrogens with zero attached hydrogens (tertiary/aromatic N) is 1. The highest BCUT2D eigenvalue weighted by Crippen LogP contribution is 2.40. The lowest BCUT2D eigenvalue weighted by Crippen LogP contribution is -2.35. The van der Waals surface area contributed by atoms with Gasteiger partial charge in [0.05, 0.1) is 13.1 Å². The van der Waals surface area contributed by atoms with Gasteiger partial charge < -0.3 is 14.4 Å². The molecule has 26 heavy (non-hydrogen) atoms. The second kappa shape index (κ2) is 8.06. The van der Waals surface area contributed by atoms with Gasteiger partial charge in [-0.1, -0.05) is 37.3 Å². The number of rotatable bonds is 5. The highest BCUT2D eigenvalue weighted by atomic mass is 19.1. The molecular weight excluding hydrogens is 337 g/mol. The summed E-state index contributed by atoms with van der Waals surface area (Å²) in [5, 5.41) is 0. The molecule has 0 spiro atoms. The molecule has 5 nitrogen and oxygen atoms in total. The molecule has 0 saturated carbocycles. The first-order valence-electron chi connectivity index (χ1n) is 8.86. The lowest BCUT2D eigenvalue weighted by atomic mass is 9.78. The molecule has 1 aromatic rings. The second-order valence-electron chi connectivity index (χ2n) is 8.19. The number of amides is 1. The van der Waals surface area contributed by atoms with E-state index in [1.54, 1.807) is 20.8 Å². The fourth-order valence-electron chi connectivity index (χ4n) is 3.21. The van der Waals surface area contributed by atoms with Crippen LogP contribution in [-0.2, 0) is 20.9 Å². The fraction of sp³-hybridized carbons (Fsp3) is 0.600. The van der Waals surface area contributed by atoms with Crippen molar-refractivity contribution in [2.75, 3.05) is 19.8 Å². The summed E-state index contributed by atoms with van der Waals surface area (Å²) in [6, 6.07) is 9.37. The molecule has 2 atom stereocenters. The predicted octanol–water partition coefficient (Wildman–Crippen LogP) is 3.96. The summed E-state index contributed by atoms with van der Waals surface area (Å²) in [4.78, 5) is 26.0. The third-order valence-electron chi connectivity index (χ3n) is 4.60. The van der Waals surface area contributed by atoms with E-state index in [1.807, 2.05) is 37.3 Å². The van der Waals surface area contributed by atoms with Crippen molar-refractivity contribution in [3.63, 3.8) is 0 Å². The van der Waals surface area contributed by atoms with Gasteiger partial charge in [0, 0.05) is 24.4 Å². The lowest BCUT2D eigenvalue weighted by Gasteiger charge is -2.29. The van der Waals surface area contributed by atoms with Gasteiger partial charge in [-0.3, -0.25) is 9.18 Å². The Hall–Kier alpha value is -2.11. The summed E-state index contributed by atoms with van der Waals surface area (Å²) in [6.45, 7) is 7.29. The smallest absolute Gasteiger partial charge is 0.410 e. The molecule has 0 radical (unpaired) electrons. The van der Waals surface area contributed by atoms with Crippen LogP contribution in [0.15, 0.2) is 30.3 Å². The van der Waals surface area contributed by atoms with Crippen molar-refractivity contribution in [2.24, 2.45) is 11.3 Å². The van der Waals surface area contributed by atoms with Gasteiger partial charge in [-0.15, -0.1) is 0 Å². The Kier molecular flexibility index (Phi) is 6.26. The number of benzene rings is 1. The van der Waals surface area contributed by atoms with Crippen molar-refractivity contribution >= 4 is 12.1 Å².